The van der Waals surface area contributed by atoms with Crippen LogP contribution in [0.4, 0.5) is 0 Å². The minimum absolute atomic E-state index is 0.0228. The zero-order valence-corrected chi connectivity index (χ0v) is 15.5. The van der Waals surface area contributed by atoms with Crippen molar-refractivity contribution in [3.63, 3.8) is 0 Å². The maximum atomic E-state index is 11.6. The summed E-state index contributed by atoms with van der Waals surface area (Å²) < 4.78 is 11.6. The maximum absolute atomic E-state index is 11.6. The van der Waals surface area contributed by atoms with Crippen molar-refractivity contribution in [2.24, 2.45) is 5.41 Å². The Balaban J connectivity index is 3.77. The molecule has 2 N–H and O–H groups in total. The average Bonchev–Trinajstić information content (AvgIpc) is 2.32. The van der Waals surface area contributed by atoms with Crippen molar-refractivity contribution in [1.82, 2.24) is 0 Å². The van der Waals surface area contributed by atoms with E-state index in [1.54, 1.807) is 0 Å². The molecule has 0 saturated carbocycles. The molecule has 0 aromatic heterocycles. The van der Waals surface area contributed by atoms with Crippen LogP contribution in [0.3, 0.4) is 0 Å². The van der Waals surface area contributed by atoms with E-state index < -0.39 is 13.3 Å². The summed E-state index contributed by atoms with van der Waals surface area (Å²) in [6.45, 7) is 8.37. The fourth-order valence-electron chi connectivity index (χ4n) is 2.79. The van der Waals surface area contributed by atoms with Crippen LogP contribution < -0.4 is 0 Å². The predicted molar refractivity (Wildman–Crippen MR) is 91.7 cm³/mol. The van der Waals surface area contributed by atoms with Gasteiger partial charge in [0.25, 0.3) is 0 Å². The first-order chi connectivity index (χ1) is 9.67. The molecule has 0 fully saturated rings. The van der Waals surface area contributed by atoms with Crippen molar-refractivity contribution in [3.05, 3.63) is 0 Å². The normalized spacial score (nSPS) is 14.4. The van der Waals surface area contributed by atoms with Gasteiger partial charge in [-0.25, -0.2) is 0 Å². The molecule has 0 aromatic rings. The Hall–Kier alpha value is 0.150. The molecule has 0 amide bonds. The molecule has 0 spiro atoms. The summed E-state index contributed by atoms with van der Waals surface area (Å²) in [5.74, 6) is 0. The Morgan fingerprint density at radius 3 is 1.67 bits per heavy atom. The topological polar surface area (TPSA) is 57.5 Å². The van der Waals surface area contributed by atoms with Gasteiger partial charge in [0, 0.05) is 0 Å². The van der Waals surface area contributed by atoms with Gasteiger partial charge in [0.2, 0.25) is 0 Å². The Morgan fingerprint density at radius 1 is 0.857 bits per heavy atom. The number of rotatable bonds is 12. The first-order valence-electron chi connectivity index (χ1n) is 8.72. The van der Waals surface area contributed by atoms with Crippen molar-refractivity contribution >= 4 is 7.60 Å². The first kappa shape index (κ1) is 21.1. The molecule has 0 saturated heterocycles. The molecule has 0 aliphatic heterocycles. The third-order valence-electron chi connectivity index (χ3n) is 3.96. The summed E-state index contributed by atoms with van der Waals surface area (Å²) in [6.07, 6.45) is 12.4. The van der Waals surface area contributed by atoms with E-state index in [1.165, 1.54) is 44.9 Å². The summed E-state index contributed by atoms with van der Waals surface area (Å²) >= 11 is 0. The standard InChI is InChI=1S/C17H37O3P/c1-5-6-7-8-9-10-11-12-13-14-16(21(18,19)20)15-17(2,3)4/h16H,5-15H2,1-4H3,(H2,18,19,20). The monoisotopic (exact) mass is 320 g/mol. The molecule has 1 atom stereocenters. The van der Waals surface area contributed by atoms with Gasteiger partial charge >= 0.3 is 7.60 Å². The van der Waals surface area contributed by atoms with E-state index in [2.05, 4.69) is 6.92 Å². The minimum atomic E-state index is -3.95. The van der Waals surface area contributed by atoms with E-state index in [0.29, 0.717) is 12.8 Å². The van der Waals surface area contributed by atoms with Crippen LogP contribution in [0.15, 0.2) is 0 Å². The van der Waals surface area contributed by atoms with Crippen LogP contribution >= 0.6 is 7.60 Å². The molecular weight excluding hydrogens is 283 g/mol. The third kappa shape index (κ3) is 13.5. The van der Waals surface area contributed by atoms with Gasteiger partial charge in [-0.3, -0.25) is 4.57 Å². The number of unbranched alkanes of at least 4 members (excludes halogenated alkanes) is 8. The van der Waals surface area contributed by atoms with E-state index in [-0.39, 0.29) is 5.41 Å². The van der Waals surface area contributed by atoms with Crippen LogP contribution in [-0.2, 0) is 4.57 Å². The second-order valence-corrected chi connectivity index (χ2v) is 9.53. The quantitative estimate of drug-likeness (QED) is 0.348. The molecular formula is C17H37O3P. The predicted octanol–water partition coefficient (Wildman–Crippen LogP) is 5.89. The second-order valence-electron chi connectivity index (χ2n) is 7.62. The highest BCUT2D eigenvalue weighted by Crippen LogP contribution is 2.48. The van der Waals surface area contributed by atoms with Crippen LogP contribution in [0, 0.1) is 5.41 Å². The van der Waals surface area contributed by atoms with Crippen molar-refractivity contribution in [1.29, 1.82) is 0 Å². The second kappa shape index (κ2) is 10.8. The van der Waals surface area contributed by atoms with Gasteiger partial charge < -0.3 is 9.79 Å². The van der Waals surface area contributed by atoms with Crippen LogP contribution in [0.2, 0.25) is 0 Å². The summed E-state index contributed by atoms with van der Waals surface area (Å²) in [5, 5.41) is 0. The van der Waals surface area contributed by atoms with E-state index in [0.717, 1.165) is 12.8 Å². The molecule has 128 valence electrons. The maximum Gasteiger partial charge on any atom is 0.328 e. The van der Waals surface area contributed by atoms with Crippen LogP contribution in [-0.4, -0.2) is 15.4 Å². The molecule has 0 aromatic carbocycles. The summed E-state index contributed by atoms with van der Waals surface area (Å²) in [6, 6.07) is 0. The van der Waals surface area contributed by atoms with Gasteiger partial charge in [-0.1, -0.05) is 85.5 Å². The van der Waals surface area contributed by atoms with Gasteiger partial charge in [0.1, 0.15) is 0 Å². The highest BCUT2D eigenvalue weighted by Gasteiger charge is 2.31. The fraction of sp³-hybridized carbons (Fsp3) is 1.00. The Bertz CT molecular complexity index is 291. The lowest BCUT2D eigenvalue weighted by Crippen LogP contribution is -2.18. The van der Waals surface area contributed by atoms with Crippen LogP contribution in [0.1, 0.15) is 98.3 Å². The van der Waals surface area contributed by atoms with Gasteiger partial charge in [0.05, 0.1) is 5.66 Å². The molecule has 0 rings (SSSR count). The van der Waals surface area contributed by atoms with Crippen LogP contribution in [0.5, 0.6) is 0 Å². The fourth-order valence-corrected chi connectivity index (χ4v) is 4.09. The molecule has 0 radical (unpaired) electrons. The third-order valence-corrected chi connectivity index (χ3v) is 5.36. The molecule has 0 bridgehead atoms. The average molecular weight is 320 g/mol. The van der Waals surface area contributed by atoms with Gasteiger partial charge in [0.15, 0.2) is 0 Å². The first-order valence-corrected chi connectivity index (χ1v) is 10.4. The number of hydrogen-bond acceptors (Lipinski definition) is 1. The zero-order chi connectivity index (χ0) is 16.4. The van der Waals surface area contributed by atoms with Crippen LogP contribution in [0.25, 0.3) is 0 Å². The van der Waals surface area contributed by atoms with Crippen molar-refractivity contribution in [3.8, 4) is 0 Å². The highest BCUT2D eigenvalue weighted by atomic mass is 31.2. The zero-order valence-electron chi connectivity index (χ0n) is 14.6. The van der Waals surface area contributed by atoms with E-state index in [9.17, 15) is 14.4 Å². The lowest BCUT2D eigenvalue weighted by molar-refractivity contribution is 0.303. The highest BCUT2D eigenvalue weighted by molar-refractivity contribution is 7.52. The Kier molecular flexibility index (Phi) is 10.9. The smallest absolute Gasteiger partial charge is 0.324 e. The summed E-state index contributed by atoms with van der Waals surface area (Å²) in [4.78, 5) is 19.0. The van der Waals surface area contributed by atoms with Crippen molar-refractivity contribution < 1.29 is 14.4 Å². The van der Waals surface area contributed by atoms with E-state index in [1.807, 2.05) is 20.8 Å². The molecule has 0 aliphatic rings. The molecule has 3 nitrogen and oxygen atoms in total. The molecule has 0 heterocycles. The minimum Gasteiger partial charge on any atom is -0.324 e. The summed E-state index contributed by atoms with van der Waals surface area (Å²) in [7, 11) is -3.95. The lowest BCUT2D eigenvalue weighted by Gasteiger charge is -2.26. The summed E-state index contributed by atoms with van der Waals surface area (Å²) in [5.41, 5.74) is -0.479. The SMILES string of the molecule is CCCCCCCCCCCC(CC(C)(C)C)P(=O)(O)O. The van der Waals surface area contributed by atoms with Gasteiger partial charge in [-0.05, 0) is 18.3 Å². The Labute approximate surface area is 132 Å². The van der Waals surface area contributed by atoms with Crippen molar-refractivity contribution in [2.45, 2.75) is 104 Å². The van der Waals surface area contributed by atoms with E-state index in [4.69, 9.17) is 0 Å². The lowest BCUT2D eigenvalue weighted by atomic mass is 9.89. The molecule has 4 heteroatoms. The Morgan fingerprint density at radius 2 is 1.29 bits per heavy atom. The van der Waals surface area contributed by atoms with Gasteiger partial charge in [-0.2, -0.15) is 0 Å². The van der Waals surface area contributed by atoms with Gasteiger partial charge in [-0.15, -0.1) is 0 Å². The van der Waals surface area contributed by atoms with E-state index >= 15 is 0 Å². The van der Waals surface area contributed by atoms with Crippen molar-refractivity contribution in [2.75, 3.05) is 0 Å². The molecule has 0 aliphatic carbocycles. The molecule has 21 heavy (non-hydrogen) atoms. The number of hydrogen-bond donors (Lipinski definition) is 2. The molecule has 1 unspecified atom stereocenters. The largest absolute Gasteiger partial charge is 0.328 e.